The fourth-order valence-electron chi connectivity index (χ4n) is 1.33. The zero-order valence-corrected chi connectivity index (χ0v) is 10.0. The lowest BCUT2D eigenvalue weighted by Gasteiger charge is -2.10. The third-order valence-corrected chi connectivity index (χ3v) is 2.27. The number of rotatable bonds is 7. The zero-order valence-electron chi connectivity index (χ0n) is 10.0. The predicted molar refractivity (Wildman–Crippen MR) is 66.2 cm³/mol. The normalized spacial score (nSPS) is 11.4. The standard InChI is InChI=1S/C12H14N2O5/c13-10(5-11(16)17)12(18)14-9-3-1-8(2-4-9)6-19-7-15/h1-4,7,10H,5-6,13H2,(H,14,18)(H,16,17). The van der Waals surface area contributed by atoms with Gasteiger partial charge in [-0.3, -0.25) is 14.4 Å². The molecule has 1 unspecified atom stereocenters. The zero-order chi connectivity index (χ0) is 14.3. The fourth-order valence-corrected chi connectivity index (χ4v) is 1.33. The van der Waals surface area contributed by atoms with Crippen molar-refractivity contribution in [2.45, 2.75) is 19.1 Å². The molecule has 1 aromatic carbocycles. The highest BCUT2D eigenvalue weighted by molar-refractivity contribution is 5.96. The van der Waals surface area contributed by atoms with Crippen molar-refractivity contribution >= 4 is 24.0 Å². The van der Waals surface area contributed by atoms with Gasteiger partial charge in [0.1, 0.15) is 6.61 Å². The highest BCUT2D eigenvalue weighted by Crippen LogP contribution is 2.10. The molecule has 0 aliphatic heterocycles. The minimum atomic E-state index is -1.14. The number of anilines is 1. The summed E-state index contributed by atoms with van der Waals surface area (Å²) in [4.78, 5) is 32.0. The van der Waals surface area contributed by atoms with Crippen molar-refractivity contribution in [3.8, 4) is 0 Å². The maximum Gasteiger partial charge on any atom is 0.305 e. The van der Waals surface area contributed by atoms with E-state index in [1.807, 2.05) is 0 Å². The molecule has 4 N–H and O–H groups in total. The summed E-state index contributed by atoms with van der Waals surface area (Å²) in [6.07, 6.45) is -0.433. The van der Waals surface area contributed by atoms with Crippen LogP contribution in [0.25, 0.3) is 0 Å². The van der Waals surface area contributed by atoms with Crippen molar-refractivity contribution in [2.75, 3.05) is 5.32 Å². The summed E-state index contributed by atoms with van der Waals surface area (Å²) in [5.41, 5.74) is 6.66. The highest BCUT2D eigenvalue weighted by Gasteiger charge is 2.16. The first-order valence-corrected chi connectivity index (χ1v) is 5.45. The number of hydrogen-bond acceptors (Lipinski definition) is 5. The van der Waals surface area contributed by atoms with Gasteiger partial charge in [0.2, 0.25) is 5.91 Å². The molecule has 1 rings (SSSR count). The highest BCUT2D eigenvalue weighted by atomic mass is 16.5. The molecule has 1 amide bonds. The van der Waals surface area contributed by atoms with E-state index >= 15 is 0 Å². The lowest BCUT2D eigenvalue weighted by atomic mass is 10.2. The number of hydrogen-bond donors (Lipinski definition) is 3. The molecule has 0 heterocycles. The Bertz CT molecular complexity index is 458. The number of benzene rings is 1. The summed E-state index contributed by atoms with van der Waals surface area (Å²) in [5, 5.41) is 11.0. The van der Waals surface area contributed by atoms with E-state index in [0.717, 1.165) is 5.56 Å². The van der Waals surface area contributed by atoms with E-state index in [-0.39, 0.29) is 6.61 Å². The van der Waals surface area contributed by atoms with Crippen LogP contribution in [0.2, 0.25) is 0 Å². The number of aliphatic carboxylic acids is 1. The van der Waals surface area contributed by atoms with E-state index in [1.165, 1.54) is 0 Å². The number of amides is 1. The Morgan fingerprint density at radius 3 is 2.53 bits per heavy atom. The van der Waals surface area contributed by atoms with E-state index in [9.17, 15) is 14.4 Å². The van der Waals surface area contributed by atoms with Crippen LogP contribution in [-0.2, 0) is 25.7 Å². The van der Waals surface area contributed by atoms with E-state index in [2.05, 4.69) is 10.1 Å². The Hall–Kier alpha value is -2.41. The minimum absolute atomic E-state index is 0.149. The maximum absolute atomic E-state index is 11.5. The van der Waals surface area contributed by atoms with Crippen LogP contribution >= 0.6 is 0 Å². The number of carbonyl (C=O) groups excluding carboxylic acids is 2. The molecule has 0 spiro atoms. The predicted octanol–water partition coefficient (Wildman–Crippen LogP) is 0.100. The fraction of sp³-hybridized carbons (Fsp3) is 0.250. The molecule has 7 heteroatoms. The summed E-state index contributed by atoms with van der Waals surface area (Å²) in [5.74, 6) is -1.71. The second kappa shape index (κ2) is 7.12. The van der Waals surface area contributed by atoms with Crippen LogP contribution in [0.4, 0.5) is 5.69 Å². The first-order valence-electron chi connectivity index (χ1n) is 5.45. The lowest BCUT2D eigenvalue weighted by molar-refractivity contribution is -0.138. The minimum Gasteiger partial charge on any atom is -0.481 e. The van der Waals surface area contributed by atoms with Gasteiger partial charge in [0, 0.05) is 5.69 Å². The molecule has 1 atom stereocenters. The average Bonchev–Trinajstić information content (AvgIpc) is 2.37. The molecule has 0 fully saturated rings. The van der Waals surface area contributed by atoms with Crippen molar-refractivity contribution < 1.29 is 24.2 Å². The van der Waals surface area contributed by atoms with Crippen LogP contribution in [0.1, 0.15) is 12.0 Å². The van der Waals surface area contributed by atoms with Crippen molar-refractivity contribution in [2.24, 2.45) is 5.73 Å². The SMILES string of the molecule is NC(CC(=O)O)C(=O)Nc1ccc(COC=O)cc1. The van der Waals surface area contributed by atoms with Gasteiger partial charge in [0.05, 0.1) is 12.5 Å². The average molecular weight is 266 g/mol. The van der Waals surface area contributed by atoms with Gasteiger partial charge in [0.25, 0.3) is 6.47 Å². The van der Waals surface area contributed by atoms with Gasteiger partial charge in [-0.25, -0.2) is 0 Å². The van der Waals surface area contributed by atoms with Crippen LogP contribution in [0.3, 0.4) is 0 Å². The molecule has 102 valence electrons. The summed E-state index contributed by atoms with van der Waals surface area (Å²) in [7, 11) is 0. The van der Waals surface area contributed by atoms with Gasteiger partial charge in [-0.15, -0.1) is 0 Å². The van der Waals surface area contributed by atoms with Crippen molar-refractivity contribution in [1.29, 1.82) is 0 Å². The summed E-state index contributed by atoms with van der Waals surface area (Å²) in [6.45, 7) is 0.497. The molecule has 1 aromatic rings. The number of carboxylic acids is 1. The largest absolute Gasteiger partial charge is 0.481 e. The maximum atomic E-state index is 11.5. The molecular weight excluding hydrogens is 252 g/mol. The van der Waals surface area contributed by atoms with Gasteiger partial charge in [-0.1, -0.05) is 12.1 Å². The van der Waals surface area contributed by atoms with Gasteiger partial charge < -0.3 is 20.9 Å². The molecule has 0 bridgehead atoms. The Labute approximate surface area is 109 Å². The van der Waals surface area contributed by atoms with Crippen LogP contribution in [0.5, 0.6) is 0 Å². The van der Waals surface area contributed by atoms with Gasteiger partial charge in [0.15, 0.2) is 0 Å². The molecule has 19 heavy (non-hydrogen) atoms. The van der Waals surface area contributed by atoms with Gasteiger partial charge in [-0.05, 0) is 17.7 Å². The number of ether oxygens (including phenoxy) is 1. The van der Waals surface area contributed by atoms with Gasteiger partial charge >= 0.3 is 5.97 Å². The Kier molecular flexibility index (Phi) is 5.49. The summed E-state index contributed by atoms with van der Waals surface area (Å²) in [6, 6.07) is 5.45. The topological polar surface area (TPSA) is 119 Å². The molecular formula is C12H14N2O5. The number of nitrogens with two attached hydrogens (primary N) is 1. The van der Waals surface area contributed by atoms with E-state index in [1.54, 1.807) is 24.3 Å². The molecule has 0 radical (unpaired) electrons. The molecule has 0 aromatic heterocycles. The number of nitrogens with one attached hydrogen (secondary N) is 1. The van der Waals surface area contributed by atoms with Gasteiger partial charge in [-0.2, -0.15) is 0 Å². The van der Waals surface area contributed by atoms with Crippen molar-refractivity contribution in [3.63, 3.8) is 0 Å². The first kappa shape index (κ1) is 14.7. The number of carboxylic acid groups (broad SMARTS) is 1. The second-order valence-electron chi connectivity index (χ2n) is 3.80. The monoisotopic (exact) mass is 266 g/mol. The van der Waals surface area contributed by atoms with E-state index in [4.69, 9.17) is 10.8 Å². The molecule has 0 aliphatic carbocycles. The summed E-state index contributed by atoms with van der Waals surface area (Å²) < 4.78 is 4.57. The second-order valence-corrected chi connectivity index (χ2v) is 3.80. The van der Waals surface area contributed by atoms with Crippen LogP contribution in [-0.4, -0.2) is 29.5 Å². The Morgan fingerprint density at radius 2 is 2.00 bits per heavy atom. The third-order valence-electron chi connectivity index (χ3n) is 2.27. The van der Waals surface area contributed by atoms with Crippen molar-refractivity contribution in [3.05, 3.63) is 29.8 Å². The molecule has 0 saturated carbocycles. The van der Waals surface area contributed by atoms with Crippen LogP contribution in [0.15, 0.2) is 24.3 Å². The van der Waals surface area contributed by atoms with Crippen molar-refractivity contribution in [1.82, 2.24) is 0 Å². The van der Waals surface area contributed by atoms with E-state index in [0.29, 0.717) is 12.2 Å². The third kappa shape index (κ3) is 5.17. The van der Waals surface area contributed by atoms with Crippen LogP contribution < -0.4 is 11.1 Å². The molecule has 0 saturated heterocycles. The van der Waals surface area contributed by atoms with Crippen LogP contribution in [0, 0.1) is 0 Å². The summed E-state index contributed by atoms with van der Waals surface area (Å²) >= 11 is 0. The first-order chi connectivity index (χ1) is 9.02. The Balaban J connectivity index is 2.55. The quantitative estimate of drug-likeness (QED) is 0.602. The molecule has 7 nitrogen and oxygen atoms in total. The Morgan fingerprint density at radius 1 is 1.37 bits per heavy atom. The lowest BCUT2D eigenvalue weighted by Crippen LogP contribution is -2.37. The number of carbonyl (C=O) groups is 3. The molecule has 0 aliphatic rings. The smallest absolute Gasteiger partial charge is 0.305 e. The van der Waals surface area contributed by atoms with E-state index < -0.39 is 24.3 Å².